The number of carbonyl (C=O) groups is 6. The Bertz CT molecular complexity index is 2140. The van der Waals surface area contributed by atoms with Gasteiger partial charge in [0.15, 0.2) is 0 Å². The van der Waals surface area contributed by atoms with E-state index in [0.717, 1.165) is 10.3 Å². The highest BCUT2D eigenvalue weighted by molar-refractivity contribution is 7.91. The lowest BCUT2D eigenvalue weighted by Gasteiger charge is -2.31. The summed E-state index contributed by atoms with van der Waals surface area (Å²) in [7, 11) is -2.43. The molecule has 19 heteroatoms. The molecule has 2 saturated carbocycles. The van der Waals surface area contributed by atoms with Crippen molar-refractivity contribution < 1.29 is 56.1 Å². The van der Waals surface area contributed by atoms with Crippen LogP contribution in [-0.4, -0.2) is 126 Å². The molecule has 306 valence electrons. The minimum atomic E-state index is -3.97. The molecule has 2 aromatic rings. The second-order valence-corrected chi connectivity index (χ2v) is 18.1. The van der Waals surface area contributed by atoms with E-state index in [4.69, 9.17) is 18.9 Å². The molecule has 2 bridgehead atoms. The lowest BCUT2D eigenvalue weighted by molar-refractivity contribution is -0.157. The van der Waals surface area contributed by atoms with Crippen LogP contribution in [0, 0.1) is 5.92 Å². The maximum absolute atomic E-state index is 14.7. The van der Waals surface area contributed by atoms with Crippen LogP contribution in [0.4, 0.5) is 4.79 Å². The van der Waals surface area contributed by atoms with Gasteiger partial charge in [0.2, 0.25) is 33.6 Å². The van der Waals surface area contributed by atoms with Gasteiger partial charge in [0.1, 0.15) is 47.2 Å². The predicted octanol–water partition coefficient (Wildman–Crippen LogP) is 1.07. The van der Waals surface area contributed by atoms with Crippen molar-refractivity contribution in [3.05, 3.63) is 43.1 Å². The van der Waals surface area contributed by atoms with E-state index >= 15 is 0 Å². The van der Waals surface area contributed by atoms with Crippen molar-refractivity contribution in [2.24, 2.45) is 5.92 Å². The lowest BCUT2D eigenvalue weighted by Crippen LogP contribution is -2.59. The van der Waals surface area contributed by atoms with Crippen LogP contribution in [0.1, 0.15) is 59.3 Å². The third-order valence-corrected chi connectivity index (χ3v) is 12.6. The molecule has 4 heterocycles. The number of morpholine rings is 1. The Hall–Kier alpha value is -5.46. The summed E-state index contributed by atoms with van der Waals surface area (Å²) >= 11 is 0. The monoisotopic (exact) mass is 810 g/mol. The molecule has 1 unspecified atom stereocenters. The van der Waals surface area contributed by atoms with Crippen LogP contribution in [0.5, 0.6) is 11.6 Å². The number of nitrogens with zero attached hydrogens (tertiary/aromatic N) is 3. The lowest BCUT2D eigenvalue weighted by atomic mass is 10.1. The van der Waals surface area contributed by atoms with Crippen molar-refractivity contribution in [3.63, 3.8) is 0 Å². The van der Waals surface area contributed by atoms with Gasteiger partial charge in [0.05, 0.1) is 31.9 Å². The van der Waals surface area contributed by atoms with Gasteiger partial charge in [-0.1, -0.05) is 6.08 Å². The second kappa shape index (κ2) is 14.8. The molecule has 0 radical (unpaired) electrons. The molecule has 7 rings (SSSR count). The number of sulfonamides is 1. The molecule has 18 nitrogen and oxygen atoms in total. The highest BCUT2D eigenvalue weighted by Crippen LogP contribution is 2.45. The summed E-state index contributed by atoms with van der Waals surface area (Å²) in [4.78, 5) is 88.6. The zero-order valence-corrected chi connectivity index (χ0v) is 32.8. The second-order valence-electron chi connectivity index (χ2n) is 16.1. The van der Waals surface area contributed by atoms with Crippen LogP contribution in [0.3, 0.4) is 0 Å². The van der Waals surface area contributed by atoms with E-state index in [2.05, 4.69) is 26.9 Å². The summed E-state index contributed by atoms with van der Waals surface area (Å²) < 4.78 is 49.9. The number of aromatic nitrogens is 1. The van der Waals surface area contributed by atoms with Gasteiger partial charge in [-0.2, -0.15) is 0 Å². The fraction of sp³-hybridized carbons (Fsp3) is 0.553. The zero-order chi connectivity index (χ0) is 41.0. The first-order valence-electron chi connectivity index (χ1n) is 18.8. The van der Waals surface area contributed by atoms with E-state index in [1.54, 1.807) is 45.0 Å². The summed E-state index contributed by atoms with van der Waals surface area (Å²) in [6.45, 7) is 8.52. The van der Waals surface area contributed by atoms with E-state index in [1.807, 2.05) is 0 Å². The number of hydrogen-bond donors (Lipinski definition) is 3. The van der Waals surface area contributed by atoms with Crippen molar-refractivity contribution >= 4 is 56.5 Å². The summed E-state index contributed by atoms with van der Waals surface area (Å²) in [6.07, 6.45) is 1.16. The molecule has 5 fully saturated rings. The highest BCUT2D eigenvalue weighted by atomic mass is 32.2. The van der Waals surface area contributed by atoms with E-state index in [9.17, 15) is 37.2 Å². The Morgan fingerprint density at radius 1 is 1.11 bits per heavy atom. The van der Waals surface area contributed by atoms with E-state index in [1.165, 1.54) is 24.3 Å². The molecule has 2 aliphatic carbocycles. The number of hydrogen-bond acceptors (Lipinski definition) is 13. The number of benzene rings is 1. The van der Waals surface area contributed by atoms with E-state index in [-0.39, 0.29) is 31.8 Å². The SMILES string of the molecule is C=C[C@@H]1C[C@]1(NC(=O)[C@@H]1CC(Oc2nccc3cc(OC)ccc23)CN1C(=O)[C@H](CC(=O)N1C[C@@H]2C[C@H]1C(=O)O2)NC(=O)OC(C)(C)C)C(=O)NS(=O)(=O)C1CC1. The van der Waals surface area contributed by atoms with Crippen LogP contribution in [0.2, 0.25) is 0 Å². The number of nitrogens with one attached hydrogen (secondary N) is 3. The largest absolute Gasteiger partial charge is 0.497 e. The molecular formula is C38H46N6O12S. The number of amides is 5. The number of pyridine rings is 1. The summed E-state index contributed by atoms with van der Waals surface area (Å²) in [6, 6.07) is 3.32. The molecule has 3 saturated heterocycles. The Labute approximate surface area is 329 Å². The first-order valence-corrected chi connectivity index (χ1v) is 20.4. The molecule has 1 aromatic heterocycles. The van der Waals surface area contributed by atoms with Crippen molar-refractivity contribution in [2.75, 3.05) is 20.2 Å². The first-order chi connectivity index (χ1) is 26.9. The van der Waals surface area contributed by atoms with Gasteiger partial charge in [0.25, 0.3) is 5.91 Å². The number of likely N-dealkylation sites (tertiary alicyclic amines) is 2. The van der Waals surface area contributed by atoms with Crippen LogP contribution < -0.4 is 24.8 Å². The third kappa shape index (κ3) is 8.20. The molecule has 57 heavy (non-hydrogen) atoms. The van der Waals surface area contributed by atoms with Gasteiger partial charge in [-0.3, -0.25) is 23.9 Å². The van der Waals surface area contributed by atoms with Gasteiger partial charge >= 0.3 is 12.1 Å². The molecule has 5 aliphatic rings. The van der Waals surface area contributed by atoms with Gasteiger partial charge in [0, 0.05) is 30.3 Å². The third-order valence-electron chi connectivity index (χ3n) is 10.8. The molecule has 0 spiro atoms. The maximum Gasteiger partial charge on any atom is 0.408 e. The molecule has 1 aromatic carbocycles. The van der Waals surface area contributed by atoms with Gasteiger partial charge < -0.3 is 39.4 Å². The molecule has 7 atom stereocenters. The van der Waals surface area contributed by atoms with Crippen molar-refractivity contribution in [1.82, 2.24) is 30.1 Å². The van der Waals surface area contributed by atoms with Crippen molar-refractivity contribution in [2.45, 2.75) is 106 Å². The quantitative estimate of drug-likeness (QED) is 0.190. The summed E-state index contributed by atoms with van der Waals surface area (Å²) in [5.74, 6) is -3.50. The average molecular weight is 811 g/mol. The van der Waals surface area contributed by atoms with Gasteiger partial charge in [-0.15, -0.1) is 6.58 Å². The zero-order valence-electron chi connectivity index (χ0n) is 32.0. The Morgan fingerprint density at radius 3 is 2.49 bits per heavy atom. The molecule has 3 N–H and O–H groups in total. The topological polar surface area (TPSA) is 229 Å². The number of rotatable bonds is 13. The van der Waals surface area contributed by atoms with Crippen LogP contribution >= 0.6 is 0 Å². The number of alkyl carbamates (subject to hydrolysis) is 1. The fourth-order valence-electron chi connectivity index (χ4n) is 7.67. The Kier molecular flexibility index (Phi) is 10.3. The van der Waals surface area contributed by atoms with Crippen molar-refractivity contribution in [1.29, 1.82) is 0 Å². The Morgan fingerprint density at radius 2 is 1.86 bits per heavy atom. The van der Waals surface area contributed by atoms with E-state index in [0.29, 0.717) is 30.4 Å². The number of ether oxygens (including phenoxy) is 4. The Balaban J connectivity index is 1.18. The van der Waals surface area contributed by atoms with Crippen LogP contribution in [-0.2, 0) is 43.5 Å². The predicted molar refractivity (Wildman–Crippen MR) is 200 cm³/mol. The number of carbonyl (C=O) groups excluding carboxylic acids is 6. The smallest absolute Gasteiger partial charge is 0.408 e. The standard InChI is InChI=1S/C38H46N6O12S/c1-6-21-17-38(21,35(49)42-57(51,52)25-8-9-25)41-31(46)28-14-23(54-32-26-10-7-22(53-5)13-20(26)11-12-39-32)19-44(28)33(47)27(40-36(50)56-37(2,3)4)16-30(45)43-18-24-15-29(43)34(48)55-24/h6-7,10-13,21,23-25,27-29H,1,8-9,14-19H2,2-5H3,(H,40,50)(H,41,46)(H,42,49)/t21-,23?,24+,27+,28+,29+,38-/m1/s1. The minimum Gasteiger partial charge on any atom is -0.497 e. The molecular weight excluding hydrogens is 765 g/mol. The van der Waals surface area contributed by atoms with Gasteiger partial charge in [-0.05, 0) is 69.7 Å². The minimum absolute atomic E-state index is 0.0655. The summed E-state index contributed by atoms with van der Waals surface area (Å²) in [5.41, 5.74) is -2.63. The first kappa shape index (κ1) is 39.8. The maximum atomic E-state index is 14.7. The highest BCUT2D eigenvalue weighted by Gasteiger charge is 2.62. The number of esters is 1. The van der Waals surface area contributed by atoms with Crippen LogP contribution in [0.25, 0.3) is 10.8 Å². The normalized spacial score (nSPS) is 26.9. The molecule has 5 amide bonds. The van der Waals surface area contributed by atoms with Gasteiger partial charge in [-0.25, -0.2) is 23.0 Å². The van der Waals surface area contributed by atoms with E-state index < -0.39 is 105 Å². The van der Waals surface area contributed by atoms with Crippen molar-refractivity contribution in [3.8, 4) is 11.6 Å². The van der Waals surface area contributed by atoms with Crippen LogP contribution in [0.15, 0.2) is 43.1 Å². The summed E-state index contributed by atoms with van der Waals surface area (Å²) in [5, 5.41) is 5.89. The average Bonchev–Trinajstić information content (AvgIpc) is 4.00. The number of methoxy groups -OCH3 is 1. The molecule has 3 aliphatic heterocycles. The number of fused-ring (bicyclic) bond motifs is 3. The fourth-order valence-corrected chi connectivity index (χ4v) is 9.03.